The number of aliphatic hydroxyl groups excluding tert-OH is 1. The summed E-state index contributed by atoms with van der Waals surface area (Å²) in [7, 11) is 0. The van der Waals surface area contributed by atoms with Crippen LogP contribution in [0.15, 0.2) is 59.6 Å². The van der Waals surface area contributed by atoms with Gasteiger partial charge in [-0.1, -0.05) is 42.5 Å². The van der Waals surface area contributed by atoms with E-state index in [0.717, 1.165) is 0 Å². The van der Waals surface area contributed by atoms with E-state index in [9.17, 15) is 68.7 Å². The van der Waals surface area contributed by atoms with Crippen molar-refractivity contribution in [2.24, 2.45) is 22.2 Å². The van der Waals surface area contributed by atoms with Crippen LogP contribution in [0.1, 0.15) is 43.2 Å². The number of nitrogens with two attached hydrogens (primary N) is 3. The molecule has 0 saturated carbocycles. The molecule has 0 heterocycles. The van der Waals surface area contributed by atoms with E-state index in [4.69, 9.17) is 17.2 Å². The molecule has 24 heteroatoms. The van der Waals surface area contributed by atoms with Crippen LogP contribution in [-0.4, -0.2) is 141 Å². The number of aliphatic imine (C=N–C) groups is 1. The predicted octanol–water partition coefficient (Wildman–Crippen LogP) is -4.49. The Bertz CT molecular complexity index is 1910. The van der Waals surface area contributed by atoms with Gasteiger partial charge in [0.15, 0.2) is 5.96 Å². The zero-order valence-corrected chi connectivity index (χ0v) is 33.3. The zero-order valence-electron chi connectivity index (χ0n) is 33.3. The molecule has 0 fully saturated rings. The van der Waals surface area contributed by atoms with Gasteiger partial charge in [-0.3, -0.25) is 43.3 Å². The number of hydrogen-bond donors (Lipinski definition) is 14. The summed E-state index contributed by atoms with van der Waals surface area (Å²) >= 11 is 0. The minimum Gasteiger partial charge on any atom is -0.508 e. The fraction of sp³-hybridized carbons (Fsp3) is 0.421. The molecule has 0 aliphatic carbocycles. The van der Waals surface area contributed by atoms with E-state index in [1.165, 1.54) is 24.3 Å². The number of amides is 6. The predicted molar refractivity (Wildman–Crippen MR) is 216 cm³/mol. The van der Waals surface area contributed by atoms with Crippen molar-refractivity contribution >= 4 is 59.3 Å². The van der Waals surface area contributed by atoms with Gasteiger partial charge in [0.2, 0.25) is 35.4 Å². The Hall–Kier alpha value is -7.34. The molecular formula is C38H52N10O14. The maximum absolute atomic E-state index is 14.1. The number of carboxylic acid groups (broad SMARTS) is 3. The van der Waals surface area contributed by atoms with Crippen LogP contribution in [0.3, 0.4) is 0 Å². The van der Waals surface area contributed by atoms with Gasteiger partial charge in [0.25, 0.3) is 0 Å². The van der Waals surface area contributed by atoms with Gasteiger partial charge in [0.05, 0.1) is 19.6 Å². The summed E-state index contributed by atoms with van der Waals surface area (Å²) in [4.78, 5) is 119. The summed E-state index contributed by atoms with van der Waals surface area (Å²) in [6.45, 7) is -1.53. The van der Waals surface area contributed by atoms with E-state index in [-0.39, 0.29) is 43.9 Å². The van der Waals surface area contributed by atoms with Gasteiger partial charge < -0.3 is 74.6 Å². The second kappa shape index (κ2) is 26.0. The number of nitrogens with one attached hydrogen (secondary N) is 6. The van der Waals surface area contributed by atoms with Crippen LogP contribution in [0.2, 0.25) is 0 Å². The average molecular weight is 873 g/mol. The summed E-state index contributed by atoms with van der Waals surface area (Å²) in [6, 6.07) is 3.64. The number of benzene rings is 2. The third-order valence-corrected chi connectivity index (χ3v) is 8.80. The Kier molecular flexibility index (Phi) is 21.3. The molecule has 0 unspecified atom stereocenters. The largest absolute Gasteiger partial charge is 0.508 e. The number of hydrogen-bond acceptors (Lipinski definition) is 13. The number of rotatable bonds is 27. The smallest absolute Gasteiger partial charge is 0.326 e. The second-order valence-electron chi connectivity index (χ2n) is 13.7. The minimum absolute atomic E-state index is 0.0193. The number of phenolic OH excluding ortho intramolecular Hbond substituents is 1. The molecule has 2 aromatic carbocycles. The van der Waals surface area contributed by atoms with Crippen molar-refractivity contribution in [3.05, 3.63) is 65.7 Å². The van der Waals surface area contributed by atoms with Crippen molar-refractivity contribution in [1.82, 2.24) is 31.9 Å². The second-order valence-corrected chi connectivity index (χ2v) is 13.7. The van der Waals surface area contributed by atoms with Crippen molar-refractivity contribution in [3.8, 4) is 5.75 Å². The Balaban J connectivity index is 2.45. The number of guanidine groups is 1. The van der Waals surface area contributed by atoms with Gasteiger partial charge in [0.1, 0.15) is 42.0 Å². The highest BCUT2D eigenvalue weighted by Crippen LogP contribution is 2.13. The molecule has 0 aliphatic rings. The number of aromatic hydroxyl groups is 1. The third-order valence-electron chi connectivity index (χ3n) is 8.80. The molecule has 0 radical (unpaired) electrons. The topological polar surface area (TPSA) is 417 Å². The van der Waals surface area contributed by atoms with Crippen molar-refractivity contribution in [2.75, 3.05) is 19.7 Å². The first kappa shape index (κ1) is 50.8. The molecule has 2 rings (SSSR count). The first-order valence-electron chi connectivity index (χ1n) is 19.0. The fourth-order valence-electron chi connectivity index (χ4n) is 5.63. The number of nitrogens with zero attached hydrogens (tertiary/aromatic N) is 1. The number of carboxylic acids is 3. The lowest BCUT2D eigenvalue weighted by Crippen LogP contribution is -2.60. The fourth-order valence-corrected chi connectivity index (χ4v) is 5.63. The molecule has 0 aromatic heterocycles. The van der Waals surface area contributed by atoms with Crippen LogP contribution >= 0.6 is 0 Å². The highest BCUT2D eigenvalue weighted by molar-refractivity contribution is 5.97. The molecule has 0 saturated heterocycles. The molecule has 17 N–H and O–H groups in total. The molecule has 62 heavy (non-hydrogen) atoms. The Morgan fingerprint density at radius 1 is 0.581 bits per heavy atom. The third kappa shape index (κ3) is 18.7. The summed E-state index contributed by atoms with van der Waals surface area (Å²) in [6.07, 6.45) is -2.95. The molecular weight excluding hydrogens is 820 g/mol. The Labute approximate surface area is 354 Å². The molecule has 2 aromatic rings. The number of phenols is 1. The summed E-state index contributed by atoms with van der Waals surface area (Å²) in [5.74, 6) is -11.1. The molecule has 6 atom stereocenters. The van der Waals surface area contributed by atoms with Crippen molar-refractivity contribution in [1.29, 1.82) is 0 Å². The lowest BCUT2D eigenvalue weighted by molar-refractivity contribution is -0.143. The molecule has 0 spiro atoms. The van der Waals surface area contributed by atoms with Gasteiger partial charge >= 0.3 is 17.9 Å². The van der Waals surface area contributed by atoms with Gasteiger partial charge in [-0.2, -0.15) is 0 Å². The number of aliphatic hydroxyl groups is 1. The average Bonchev–Trinajstić information content (AvgIpc) is 3.21. The van der Waals surface area contributed by atoms with Gasteiger partial charge in [0, 0.05) is 25.8 Å². The molecule has 0 aliphatic heterocycles. The van der Waals surface area contributed by atoms with Crippen LogP contribution in [0.5, 0.6) is 5.75 Å². The van der Waals surface area contributed by atoms with E-state index in [1.807, 2.05) is 0 Å². The summed E-state index contributed by atoms with van der Waals surface area (Å²) in [5, 5.41) is 61.7. The normalized spacial score (nSPS) is 13.6. The van der Waals surface area contributed by atoms with Gasteiger partial charge in [-0.25, -0.2) is 4.79 Å². The lowest BCUT2D eigenvalue weighted by Gasteiger charge is -2.27. The van der Waals surface area contributed by atoms with Gasteiger partial charge in [-0.15, -0.1) is 0 Å². The van der Waals surface area contributed by atoms with Crippen molar-refractivity contribution < 1.29 is 68.7 Å². The van der Waals surface area contributed by atoms with Crippen LogP contribution < -0.4 is 49.1 Å². The maximum atomic E-state index is 14.1. The molecule has 24 nitrogen and oxygen atoms in total. The Morgan fingerprint density at radius 2 is 1.06 bits per heavy atom. The number of carbonyl (C=O) groups excluding carboxylic acids is 6. The first-order chi connectivity index (χ1) is 29.3. The molecule has 338 valence electrons. The van der Waals surface area contributed by atoms with Crippen LogP contribution in [0.25, 0.3) is 0 Å². The highest BCUT2D eigenvalue weighted by Gasteiger charge is 2.34. The summed E-state index contributed by atoms with van der Waals surface area (Å²) in [5.41, 5.74) is 16.9. The Morgan fingerprint density at radius 3 is 1.60 bits per heavy atom. The van der Waals surface area contributed by atoms with Crippen molar-refractivity contribution in [2.45, 2.75) is 81.2 Å². The van der Waals surface area contributed by atoms with E-state index in [2.05, 4.69) is 36.9 Å². The zero-order chi connectivity index (χ0) is 46.4. The standard InChI is InChI=1S/C38H52N10O14/c39-18-29(51)43-28(19-49)36(60)45-24(12-13-30(52)53)33(57)46-25(15-20-5-2-1-3-6-20)34(58)44-23(7-4-14-42-38(40)41)32(56)47-26(17-31(54)55)35(59)48-27(37(61)62)16-21-8-10-22(50)11-9-21/h1-3,5-6,8-11,23-28,49-50H,4,7,12-19,39H2,(H,43,51)(H,44,58)(H,45,60)(H,46,57)(H,47,56)(H,48,59)(H,52,53)(H,54,55)(H,61,62)(H4,40,41,42)/t23-,24-,25-,26-,27-,28-/m0/s1. The van der Waals surface area contributed by atoms with Crippen molar-refractivity contribution in [3.63, 3.8) is 0 Å². The SMILES string of the molecule is NCC(=O)N[C@@H](CO)C(=O)N[C@@H](CCC(=O)O)C(=O)N[C@@H](Cc1ccccc1)C(=O)N[C@@H](CCCN=C(N)N)C(=O)N[C@@H](CC(=O)O)C(=O)N[C@@H](Cc1ccc(O)cc1)C(=O)O. The minimum atomic E-state index is -1.88. The monoisotopic (exact) mass is 872 g/mol. The maximum Gasteiger partial charge on any atom is 0.326 e. The van der Waals surface area contributed by atoms with Crippen LogP contribution in [-0.2, 0) is 56.0 Å². The quantitative estimate of drug-likeness (QED) is 0.0229. The van der Waals surface area contributed by atoms with Gasteiger partial charge in [-0.05, 0) is 42.5 Å². The van der Waals surface area contributed by atoms with E-state index in [1.54, 1.807) is 30.3 Å². The highest BCUT2D eigenvalue weighted by atomic mass is 16.4. The molecule has 0 bridgehead atoms. The summed E-state index contributed by atoms with van der Waals surface area (Å²) < 4.78 is 0. The van der Waals surface area contributed by atoms with Crippen LogP contribution in [0.4, 0.5) is 0 Å². The number of carbonyl (C=O) groups is 9. The first-order valence-corrected chi connectivity index (χ1v) is 19.0. The van der Waals surface area contributed by atoms with E-state index < -0.39 is 122 Å². The number of aliphatic carboxylic acids is 3. The molecule has 6 amide bonds. The lowest BCUT2D eigenvalue weighted by atomic mass is 10.0. The van der Waals surface area contributed by atoms with E-state index in [0.29, 0.717) is 11.1 Å². The van der Waals surface area contributed by atoms with Crippen LogP contribution in [0, 0.1) is 0 Å². The van der Waals surface area contributed by atoms with E-state index >= 15 is 0 Å².